The SMILES string of the molecule is CC(NC(=O)C(=O)Nc1cccc(SC(F)F)c1)C1CCCO1. The normalized spacial score (nSPS) is 18.7. The number of thioether (sulfide) groups is 1. The van der Waals surface area contributed by atoms with Gasteiger partial charge in [-0.15, -0.1) is 0 Å². The Kier molecular flexibility index (Phi) is 6.35. The molecular weight excluding hydrogens is 326 g/mol. The zero-order chi connectivity index (χ0) is 16.8. The van der Waals surface area contributed by atoms with Crippen LogP contribution < -0.4 is 10.6 Å². The van der Waals surface area contributed by atoms with Crippen molar-refractivity contribution in [2.24, 2.45) is 0 Å². The molecule has 126 valence electrons. The van der Waals surface area contributed by atoms with Crippen LogP contribution in [-0.4, -0.2) is 36.3 Å². The number of ether oxygens (including phenoxy) is 1. The molecule has 1 aliphatic rings. The van der Waals surface area contributed by atoms with Crippen molar-refractivity contribution >= 4 is 29.3 Å². The maximum atomic E-state index is 12.3. The molecule has 2 atom stereocenters. The quantitative estimate of drug-likeness (QED) is 0.636. The fourth-order valence-electron chi connectivity index (χ4n) is 2.30. The van der Waals surface area contributed by atoms with E-state index in [-0.39, 0.29) is 12.1 Å². The molecule has 2 amide bonds. The van der Waals surface area contributed by atoms with E-state index in [1.807, 2.05) is 0 Å². The van der Waals surface area contributed by atoms with E-state index in [1.54, 1.807) is 6.92 Å². The zero-order valence-electron chi connectivity index (χ0n) is 12.6. The number of hydrogen-bond donors (Lipinski definition) is 2. The van der Waals surface area contributed by atoms with Gasteiger partial charge in [-0.3, -0.25) is 9.59 Å². The van der Waals surface area contributed by atoms with Gasteiger partial charge < -0.3 is 15.4 Å². The van der Waals surface area contributed by atoms with Gasteiger partial charge in [0.15, 0.2) is 0 Å². The van der Waals surface area contributed by atoms with Crippen LogP contribution in [-0.2, 0) is 14.3 Å². The molecule has 2 rings (SSSR count). The number of carbonyl (C=O) groups is 2. The zero-order valence-corrected chi connectivity index (χ0v) is 13.4. The standard InChI is InChI=1S/C15H18F2N2O3S/c1-9(12-6-3-7-22-12)18-13(20)14(21)19-10-4-2-5-11(8-10)23-15(16)17/h2,4-5,8-9,12,15H,3,6-7H2,1H3,(H,18,20)(H,19,21). The Labute approximate surface area is 137 Å². The van der Waals surface area contributed by atoms with Crippen molar-refractivity contribution in [3.63, 3.8) is 0 Å². The molecule has 0 aromatic heterocycles. The maximum absolute atomic E-state index is 12.3. The first-order valence-electron chi connectivity index (χ1n) is 7.24. The highest BCUT2D eigenvalue weighted by Crippen LogP contribution is 2.27. The van der Waals surface area contributed by atoms with Gasteiger partial charge in [-0.05, 0) is 38.0 Å². The van der Waals surface area contributed by atoms with Gasteiger partial charge in [0, 0.05) is 17.2 Å². The van der Waals surface area contributed by atoms with Crippen molar-refractivity contribution in [2.75, 3.05) is 11.9 Å². The number of benzene rings is 1. The lowest BCUT2D eigenvalue weighted by Gasteiger charge is -2.19. The van der Waals surface area contributed by atoms with Gasteiger partial charge in [0.1, 0.15) is 0 Å². The molecule has 1 aromatic rings. The number of rotatable bonds is 5. The van der Waals surface area contributed by atoms with Crippen LogP contribution in [0.15, 0.2) is 29.2 Å². The van der Waals surface area contributed by atoms with E-state index >= 15 is 0 Å². The minimum Gasteiger partial charge on any atom is -0.376 e. The summed E-state index contributed by atoms with van der Waals surface area (Å²) in [7, 11) is 0. The van der Waals surface area contributed by atoms with Crippen LogP contribution in [0.1, 0.15) is 19.8 Å². The topological polar surface area (TPSA) is 67.4 Å². The van der Waals surface area contributed by atoms with E-state index in [0.29, 0.717) is 29.0 Å². The van der Waals surface area contributed by atoms with Crippen molar-refractivity contribution in [3.05, 3.63) is 24.3 Å². The number of hydrogen-bond acceptors (Lipinski definition) is 4. The third-order valence-corrected chi connectivity index (χ3v) is 4.11. The van der Waals surface area contributed by atoms with E-state index in [2.05, 4.69) is 10.6 Å². The molecule has 1 fully saturated rings. The highest BCUT2D eigenvalue weighted by atomic mass is 32.2. The van der Waals surface area contributed by atoms with Crippen molar-refractivity contribution in [2.45, 2.75) is 42.6 Å². The average Bonchev–Trinajstić information content (AvgIpc) is 3.01. The van der Waals surface area contributed by atoms with E-state index in [9.17, 15) is 18.4 Å². The van der Waals surface area contributed by atoms with Crippen molar-refractivity contribution in [1.29, 1.82) is 0 Å². The van der Waals surface area contributed by atoms with Crippen molar-refractivity contribution < 1.29 is 23.1 Å². The predicted octanol–water partition coefficient (Wildman–Crippen LogP) is 2.62. The smallest absolute Gasteiger partial charge is 0.313 e. The number of halogens is 2. The predicted molar refractivity (Wildman–Crippen MR) is 83.5 cm³/mol. The summed E-state index contributed by atoms with van der Waals surface area (Å²) in [6.07, 6.45) is 1.69. The third-order valence-electron chi connectivity index (χ3n) is 3.40. The Bertz CT molecular complexity index is 565. The molecule has 0 aliphatic carbocycles. The Balaban J connectivity index is 1.89. The van der Waals surface area contributed by atoms with Crippen molar-refractivity contribution in [1.82, 2.24) is 5.32 Å². The summed E-state index contributed by atoms with van der Waals surface area (Å²) in [6.45, 7) is 2.44. The maximum Gasteiger partial charge on any atom is 0.313 e. The average molecular weight is 344 g/mol. The summed E-state index contributed by atoms with van der Waals surface area (Å²) in [5, 5.41) is 4.99. The summed E-state index contributed by atoms with van der Waals surface area (Å²) < 4.78 is 30.1. The number of nitrogens with one attached hydrogen (secondary N) is 2. The fourth-order valence-corrected chi connectivity index (χ4v) is 2.86. The molecule has 0 spiro atoms. The van der Waals surface area contributed by atoms with Gasteiger partial charge in [0.2, 0.25) is 0 Å². The second kappa shape index (κ2) is 8.26. The highest BCUT2D eigenvalue weighted by molar-refractivity contribution is 7.99. The Morgan fingerprint density at radius 1 is 1.35 bits per heavy atom. The molecular formula is C15H18F2N2O3S. The van der Waals surface area contributed by atoms with Gasteiger partial charge in [-0.2, -0.15) is 8.78 Å². The number of amides is 2. The number of anilines is 1. The molecule has 23 heavy (non-hydrogen) atoms. The molecule has 0 bridgehead atoms. The molecule has 1 heterocycles. The molecule has 1 aromatic carbocycles. The molecule has 0 saturated carbocycles. The summed E-state index contributed by atoms with van der Waals surface area (Å²) in [5.41, 5.74) is 0.292. The van der Waals surface area contributed by atoms with Gasteiger partial charge in [-0.25, -0.2) is 0 Å². The second-order valence-corrected chi connectivity index (χ2v) is 6.24. The van der Waals surface area contributed by atoms with Crippen LogP contribution in [0.5, 0.6) is 0 Å². The highest BCUT2D eigenvalue weighted by Gasteiger charge is 2.25. The van der Waals surface area contributed by atoms with Crippen LogP contribution in [0.3, 0.4) is 0 Å². The van der Waals surface area contributed by atoms with Crippen LogP contribution in [0.4, 0.5) is 14.5 Å². The van der Waals surface area contributed by atoms with E-state index in [1.165, 1.54) is 24.3 Å². The minimum absolute atomic E-state index is 0.0856. The summed E-state index contributed by atoms with van der Waals surface area (Å²) in [6, 6.07) is 5.70. The lowest BCUT2D eigenvalue weighted by atomic mass is 10.1. The molecule has 1 aliphatic heterocycles. The molecule has 1 saturated heterocycles. The van der Waals surface area contributed by atoms with Gasteiger partial charge in [-0.1, -0.05) is 17.8 Å². The largest absolute Gasteiger partial charge is 0.376 e. The lowest BCUT2D eigenvalue weighted by molar-refractivity contribution is -0.137. The minimum atomic E-state index is -2.54. The van der Waals surface area contributed by atoms with E-state index < -0.39 is 17.6 Å². The first-order valence-corrected chi connectivity index (χ1v) is 8.12. The molecule has 2 N–H and O–H groups in total. The van der Waals surface area contributed by atoms with Crippen LogP contribution in [0, 0.1) is 0 Å². The first-order chi connectivity index (χ1) is 11.0. The monoisotopic (exact) mass is 344 g/mol. The number of alkyl halides is 2. The number of carbonyl (C=O) groups excluding carboxylic acids is 2. The fraction of sp³-hybridized carbons (Fsp3) is 0.467. The molecule has 0 radical (unpaired) electrons. The molecule has 2 unspecified atom stereocenters. The lowest BCUT2D eigenvalue weighted by Crippen LogP contribution is -2.45. The summed E-state index contributed by atoms with van der Waals surface area (Å²) >= 11 is 0.374. The third kappa shape index (κ3) is 5.47. The first kappa shape index (κ1) is 17.7. The van der Waals surface area contributed by atoms with Gasteiger partial charge >= 0.3 is 11.8 Å². The van der Waals surface area contributed by atoms with Crippen LogP contribution in [0.25, 0.3) is 0 Å². The van der Waals surface area contributed by atoms with E-state index in [0.717, 1.165) is 12.8 Å². The summed E-state index contributed by atoms with van der Waals surface area (Å²) in [5.74, 6) is -4.16. The van der Waals surface area contributed by atoms with Gasteiger partial charge in [0.05, 0.1) is 12.1 Å². The molecule has 8 heteroatoms. The second-order valence-electron chi connectivity index (χ2n) is 5.17. The van der Waals surface area contributed by atoms with Gasteiger partial charge in [0.25, 0.3) is 5.76 Å². The van der Waals surface area contributed by atoms with Crippen molar-refractivity contribution in [3.8, 4) is 0 Å². The molecule has 5 nitrogen and oxygen atoms in total. The Morgan fingerprint density at radius 2 is 2.13 bits per heavy atom. The van der Waals surface area contributed by atoms with E-state index in [4.69, 9.17) is 4.74 Å². The van der Waals surface area contributed by atoms with Crippen LogP contribution >= 0.6 is 11.8 Å². The Hall–Kier alpha value is -1.67. The summed E-state index contributed by atoms with van der Waals surface area (Å²) in [4.78, 5) is 24.1. The van der Waals surface area contributed by atoms with Crippen LogP contribution in [0.2, 0.25) is 0 Å². The Morgan fingerprint density at radius 3 is 2.78 bits per heavy atom.